The molecule has 1 heterocycles. The molecule has 0 saturated carbocycles. The van der Waals surface area contributed by atoms with E-state index in [-0.39, 0.29) is 11.8 Å². The predicted molar refractivity (Wildman–Crippen MR) is 55.5 cm³/mol. The van der Waals surface area contributed by atoms with E-state index in [0.717, 1.165) is 6.54 Å². The smallest absolute Gasteiger partial charge is 0.310 e. The van der Waals surface area contributed by atoms with E-state index in [0.29, 0.717) is 13.1 Å². The van der Waals surface area contributed by atoms with Crippen molar-refractivity contribution in [2.45, 2.75) is 26.3 Å². The van der Waals surface area contributed by atoms with Gasteiger partial charge in [0.05, 0.1) is 11.5 Å². The van der Waals surface area contributed by atoms with Crippen molar-refractivity contribution in [1.82, 2.24) is 10.2 Å². The maximum absolute atomic E-state index is 11.9. The van der Waals surface area contributed by atoms with Gasteiger partial charge in [-0.15, -0.1) is 0 Å². The first-order valence-electron chi connectivity index (χ1n) is 5.15. The van der Waals surface area contributed by atoms with Crippen molar-refractivity contribution in [3.05, 3.63) is 0 Å². The Balaban J connectivity index is 2.47. The van der Waals surface area contributed by atoms with E-state index in [9.17, 15) is 9.59 Å². The van der Waals surface area contributed by atoms with Gasteiger partial charge in [0, 0.05) is 13.1 Å². The highest BCUT2D eigenvalue weighted by molar-refractivity contribution is 5.87. The van der Waals surface area contributed by atoms with E-state index in [1.165, 1.54) is 0 Å². The summed E-state index contributed by atoms with van der Waals surface area (Å²) in [4.78, 5) is 24.0. The lowest BCUT2D eigenvalue weighted by molar-refractivity contribution is -0.155. The van der Waals surface area contributed by atoms with Crippen molar-refractivity contribution in [1.29, 1.82) is 0 Å². The number of carbonyl (C=O) groups is 2. The minimum atomic E-state index is -0.819. The average molecular weight is 214 g/mol. The first-order chi connectivity index (χ1) is 6.88. The molecule has 0 radical (unpaired) electrons. The number of likely N-dealkylation sites (N-methyl/N-ethyl adjacent to an activating group) is 1. The van der Waals surface area contributed by atoms with Gasteiger partial charge in [-0.1, -0.05) is 6.92 Å². The molecular formula is C10H18N2O3. The normalized spacial score (nSPS) is 17.4. The van der Waals surface area contributed by atoms with Gasteiger partial charge in [0.1, 0.15) is 0 Å². The third-order valence-electron chi connectivity index (χ3n) is 2.67. The number of hydrogen-bond donors (Lipinski definition) is 2. The van der Waals surface area contributed by atoms with Crippen LogP contribution in [-0.4, -0.2) is 47.1 Å². The van der Waals surface area contributed by atoms with Gasteiger partial charge in [0.2, 0.25) is 5.91 Å². The zero-order valence-electron chi connectivity index (χ0n) is 9.41. The van der Waals surface area contributed by atoms with Gasteiger partial charge in [0.15, 0.2) is 0 Å². The number of aliphatic carboxylic acids is 1. The number of likely N-dealkylation sites (tertiary alicyclic amines) is 1. The van der Waals surface area contributed by atoms with Crippen molar-refractivity contribution in [3.63, 3.8) is 0 Å². The Morgan fingerprint density at radius 2 is 2.00 bits per heavy atom. The fourth-order valence-corrected chi connectivity index (χ4v) is 1.71. The summed E-state index contributed by atoms with van der Waals surface area (Å²) in [5, 5.41) is 11.8. The Morgan fingerprint density at radius 3 is 2.40 bits per heavy atom. The molecule has 1 saturated heterocycles. The predicted octanol–water partition coefficient (Wildman–Crippen LogP) is -0.0825. The number of nitrogens with one attached hydrogen (secondary N) is 1. The Morgan fingerprint density at radius 1 is 1.47 bits per heavy atom. The van der Waals surface area contributed by atoms with Gasteiger partial charge < -0.3 is 15.3 Å². The molecule has 0 spiro atoms. The maximum atomic E-state index is 11.9. The fraction of sp³-hybridized carbons (Fsp3) is 0.800. The zero-order valence-corrected chi connectivity index (χ0v) is 9.41. The van der Waals surface area contributed by atoms with Crippen LogP contribution in [0, 0.1) is 5.92 Å². The van der Waals surface area contributed by atoms with Crippen LogP contribution >= 0.6 is 0 Å². The number of amides is 1. The molecule has 15 heavy (non-hydrogen) atoms. The second kappa shape index (κ2) is 4.18. The van der Waals surface area contributed by atoms with Gasteiger partial charge in [-0.3, -0.25) is 9.59 Å². The van der Waals surface area contributed by atoms with E-state index in [1.807, 2.05) is 20.8 Å². The SMILES string of the molecule is CCNC(C)(C)C(=O)N1CC(C(=O)O)C1. The van der Waals surface area contributed by atoms with Crippen molar-refractivity contribution < 1.29 is 14.7 Å². The first-order valence-corrected chi connectivity index (χ1v) is 5.15. The van der Waals surface area contributed by atoms with E-state index in [1.54, 1.807) is 4.90 Å². The molecule has 5 heteroatoms. The molecule has 1 fully saturated rings. The number of carboxylic acid groups (broad SMARTS) is 1. The molecule has 0 aliphatic carbocycles. The van der Waals surface area contributed by atoms with Crippen LogP contribution in [0.4, 0.5) is 0 Å². The highest BCUT2D eigenvalue weighted by Gasteiger charge is 2.40. The fourth-order valence-electron chi connectivity index (χ4n) is 1.71. The molecule has 1 rings (SSSR count). The van der Waals surface area contributed by atoms with Crippen LogP contribution in [-0.2, 0) is 9.59 Å². The van der Waals surface area contributed by atoms with Crippen molar-refractivity contribution in [3.8, 4) is 0 Å². The van der Waals surface area contributed by atoms with Crippen LogP contribution in [0.2, 0.25) is 0 Å². The number of carboxylic acids is 1. The van der Waals surface area contributed by atoms with Crippen LogP contribution in [0.25, 0.3) is 0 Å². The van der Waals surface area contributed by atoms with Crippen LogP contribution in [0.3, 0.4) is 0 Å². The standard InChI is InChI=1S/C10H18N2O3/c1-4-11-10(2,3)9(15)12-5-7(6-12)8(13)14/h7,11H,4-6H2,1-3H3,(H,13,14). The van der Waals surface area contributed by atoms with Crippen LogP contribution in [0.5, 0.6) is 0 Å². The third-order valence-corrected chi connectivity index (χ3v) is 2.67. The Kier molecular flexibility index (Phi) is 3.34. The highest BCUT2D eigenvalue weighted by Crippen LogP contribution is 2.19. The lowest BCUT2D eigenvalue weighted by Gasteiger charge is -2.41. The molecule has 0 aromatic carbocycles. The summed E-state index contributed by atoms with van der Waals surface area (Å²) in [6.07, 6.45) is 0. The van der Waals surface area contributed by atoms with Crippen molar-refractivity contribution in [2.24, 2.45) is 5.92 Å². The van der Waals surface area contributed by atoms with Gasteiger partial charge in [-0.25, -0.2) is 0 Å². The molecule has 0 bridgehead atoms. The van der Waals surface area contributed by atoms with Crippen molar-refractivity contribution in [2.75, 3.05) is 19.6 Å². The number of rotatable bonds is 4. The second-order valence-electron chi connectivity index (χ2n) is 4.40. The molecule has 5 nitrogen and oxygen atoms in total. The molecule has 0 atom stereocenters. The summed E-state index contributed by atoms with van der Waals surface area (Å²) in [6, 6.07) is 0. The molecule has 0 aromatic rings. The number of carbonyl (C=O) groups excluding carboxylic acids is 1. The van der Waals surface area contributed by atoms with Crippen LogP contribution < -0.4 is 5.32 Å². The minimum absolute atomic E-state index is 0.0261. The topological polar surface area (TPSA) is 69.6 Å². The van der Waals surface area contributed by atoms with Gasteiger partial charge in [0.25, 0.3) is 0 Å². The Hall–Kier alpha value is -1.10. The van der Waals surface area contributed by atoms with Crippen LogP contribution in [0.15, 0.2) is 0 Å². The molecule has 0 unspecified atom stereocenters. The summed E-state index contributed by atoms with van der Waals surface area (Å²) < 4.78 is 0. The largest absolute Gasteiger partial charge is 0.481 e. The van der Waals surface area contributed by atoms with E-state index in [4.69, 9.17) is 5.11 Å². The lowest BCUT2D eigenvalue weighted by atomic mass is 9.95. The van der Waals surface area contributed by atoms with E-state index < -0.39 is 11.5 Å². The minimum Gasteiger partial charge on any atom is -0.481 e. The van der Waals surface area contributed by atoms with E-state index >= 15 is 0 Å². The molecule has 2 N–H and O–H groups in total. The quantitative estimate of drug-likeness (QED) is 0.686. The molecule has 1 amide bonds. The molecular weight excluding hydrogens is 196 g/mol. The van der Waals surface area contributed by atoms with E-state index in [2.05, 4.69) is 5.32 Å². The summed E-state index contributed by atoms with van der Waals surface area (Å²) >= 11 is 0. The van der Waals surface area contributed by atoms with Crippen LogP contribution in [0.1, 0.15) is 20.8 Å². The van der Waals surface area contributed by atoms with Crippen molar-refractivity contribution >= 4 is 11.9 Å². The maximum Gasteiger partial charge on any atom is 0.310 e. The molecule has 1 aliphatic rings. The monoisotopic (exact) mass is 214 g/mol. The number of hydrogen-bond acceptors (Lipinski definition) is 3. The first kappa shape index (κ1) is 12.0. The lowest BCUT2D eigenvalue weighted by Crippen LogP contribution is -2.61. The summed E-state index contributed by atoms with van der Waals surface area (Å²) in [5.41, 5.74) is -0.599. The molecule has 0 aromatic heterocycles. The average Bonchev–Trinajstić information content (AvgIpc) is 1.99. The van der Waals surface area contributed by atoms with Gasteiger partial charge in [-0.2, -0.15) is 0 Å². The Bertz CT molecular complexity index is 270. The number of nitrogens with zero attached hydrogens (tertiary/aromatic N) is 1. The van der Waals surface area contributed by atoms with Gasteiger partial charge in [-0.05, 0) is 20.4 Å². The Labute approximate surface area is 89.4 Å². The zero-order chi connectivity index (χ0) is 11.6. The summed E-state index contributed by atoms with van der Waals surface area (Å²) in [6.45, 7) is 6.95. The summed E-state index contributed by atoms with van der Waals surface area (Å²) in [5.74, 6) is -1.23. The van der Waals surface area contributed by atoms with Gasteiger partial charge >= 0.3 is 5.97 Å². The summed E-state index contributed by atoms with van der Waals surface area (Å²) in [7, 11) is 0. The second-order valence-corrected chi connectivity index (χ2v) is 4.40. The highest BCUT2D eigenvalue weighted by atomic mass is 16.4. The molecule has 86 valence electrons. The molecule has 1 aliphatic heterocycles. The third kappa shape index (κ3) is 2.47.